The molecule has 13 heavy (non-hydrogen) atoms. The van der Waals surface area contributed by atoms with E-state index in [1.54, 1.807) is 0 Å². The number of hydrogen-bond acceptors (Lipinski definition) is 2. The van der Waals surface area contributed by atoms with Gasteiger partial charge in [-0.25, -0.2) is 0 Å². The van der Waals surface area contributed by atoms with E-state index in [0.29, 0.717) is 5.41 Å². The quantitative estimate of drug-likeness (QED) is 0.676. The fourth-order valence-corrected chi connectivity index (χ4v) is 1.54. The van der Waals surface area contributed by atoms with Crippen molar-refractivity contribution >= 4 is 12.6 Å². The molecule has 0 bridgehead atoms. The van der Waals surface area contributed by atoms with Crippen molar-refractivity contribution in [2.24, 2.45) is 16.6 Å². The van der Waals surface area contributed by atoms with Gasteiger partial charge in [-0.2, -0.15) is 12.6 Å². The van der Waals surface area contributed by atoms with Crippen molar-refractivity contribution in [3.05, 3.63) is 0 Å². The fraction of sp³-hybridized carbons (Fsp3) is 1.00. The summed E-state index contributed by atoms with van der Waals surface area (Å²) in [4.78, 5) is 0. The van der Waals surface area contributed by atoms with Gasteiger partial charge in [0.05, 0.1) is 0 Å². The molecule has 0 saturated heterocycles. The third kappa shape index (κ3) is 8.63. The maximum atomic E-state index is 5.64. The molecule has 0 aromatic carbocycles. The van der Waals surface area contributed by atoms with Crippen LogP contribution in [0.4, 0.5) is 0 Å². The molecule has 0 aliphatic carbocycles. The summed E-state index contributed by atoms with van der Waals surface area (Å²) < 4.78 is 0. The molecular weight excluding hydrogens is 178 g/mol. The van der Waals surface area contributed by atoms with Crippen molar-refractivity contribution < 1.29 is 0 Å². The Hall–Kier alpha value is 0.310. The molecule has 0 aliphatic rings. The molecule has 0 saturated carbocycles. The van der Waals surface area contributed by atoms with Crippen LogP contribution in [0.1, 0.15) is 48.0 Å². The molecule has 0 rings (SSSR count). The largest absolute Gasteiger partial charge is 0.330 e. The Morgan fingerprint density at radius 2 is 1.38 bits per heavy atom. The minimum atomic E-state index is 0.256. The van der Waals surface area contributed by atoms with E-state index in [2.05, 4.69) is 40.3 Å². The lowest BCUT2D eigenvalue weighted by Gasteiger charge is -2.32. The molecule has 0 fully saturated rings. The van der Waals surface area contributed by atoms with E-state index in [1.807, 2.05) is 13.8 Å². The van der Waals surface area contributed by atoms with E-state index in [-0.39, 0.29) is 5.41 Å². The first-order valence-electron chi connectivity index (χ1n) is 5.14. The van der Waals surface area contributed by atoms with E-state index >= 15 is 0 Å². The Morgan fingerprint density at radius 3 is 1.62 bits per heavy atom. The van der Waals surface area contributed by atoms with Crippen molar-refractivity contribution in [3.63, 3.8) is 0 Å². The Balaban J connectivity index is 0. The first-order valence-corrected chi connectivity index (χ1v) is 5.77. The second kappa shape index (κ2) is 6.72. The van der Waals surface area contributed by atoms with Gasteiger partial charge in [-0.15, -0.1) is 0 Å². The van der Waals surface area contributed by atoms with Crippen LogP contribution in [-0.4, -0.2) is 12.3 Å². The Kier molecular flexibility index (Phi) is 8.15. The van der Waals surface area contributed by atoms with Gasteiger partial charge in [0, 0.05) is 0 Å². The zero-order valence-electron chi connectivity index (χ0n) is 10.1. The molecule has 0 atom stereocenters. The van der Waals surface area contributed by atoms with Gasteiger partial charge >= 0.3 is 0 Å². The number of rotatable bonds is 4. The molecule has 0 radical (unpaired) electrons. The molecule has 2 heteroatoms. The van der Waals surface area contributed by atoms with Crippen LogP contribution in [0.15, 0.2) is 0 Å². The second-order valence-electron chi connectivity index (χ2n) is 4.87. The second-order valence-corrected chi connectivity index (χ2v) is 5.18. The number of thiol groups is 1. The van der Waals surface area contributed by atoms with Crippen molar-refractivity contribution in [1.29, 1.82) is 0 Å². The van der Waals surface area contributed by atoms with Crippen molar-refractivity contribution in [3.8, 4) is 0 Å². The topological polar surface area (TPSA) is 26.0 Å². The normalized spacial score (nSPS) is 12.0. The van der Waals surface area contributed by atoms with Gasteiger partial charge in [0.1, 0.15) is 0 Å². The van der Waals surface area contributed by atoms with Crippen LogP contribution < -0.4 is 5.73 Å². The lowest BCUT2D eigenvalue weighted by Crippen LogP contribution is -2.30. The summed E-state index contributed by atoms with van der Waals surface area (Å²) in [5.41, 5.74) is 6.21. The van der Waals surface area contributed by atoms with E-state index in [0.717, 1.165) is 18.7 Å². The highest BCUT2D eigenvalue weighted by molar-refractivity contribution is 7.80. The minimum Gasteiger partial charge on any atom is -0.330 e. The van der Waals surface area contributed by atoms with Crippen LogP contribution in [0.5, 0.6) is 0 Å². The van der Waals surface area contributed by atoms with Crippen molar-refractivity contribution in [2.45, 2.75) is 48.0 Å². The summed E-state index contributed by atoms with van der Waals surface area (Å²) in [5, 5.41) is 0. The molecule has 0 amide bonds. The molecule has 0 aromatic rings. The smallest absolute Gasteiger partial charge is 0.00256 e. The lowest BCUT2D eigenvalue weighted by molar-refractivity contribution is 0.225. The third-order valence-corrected chi connectivity index (χ3v) is 2.79. The predicted octanol–water partition coefficient (Wildman–Crippen LogP) is 3.34. The molecule has 0 unspecified atom stereocenters. The van der Waals surface area contributed by atoms with E-state index in [4.69, 9.17) is 5.73 Å². The zero-order valence-corrected chi connectivity index (χ0v) is 11.0. The van der Waals surface area contributed by atoms with Crippen molar-refractivity contribution in [1.82, 2.24) is 0 Å². The molecule has 0 heterocycles. The van der Waals surface area contributed by atoms with Crippen LogP contribution in [0.25, 0.3) is 0 Å². The highest BCUT2D eigenvalue weighted by Gasteiger charge is 2.26. The summed E-state index contributed by atoms with van der Waals surface area (Å²) in [6, 6.07) is 0. The molecule has 82 valence electrons. The molecule has 2 N–H and O–H groups in total. The first-order chi connectivity index (χ1) is 5.83. The zero-order chi connectivity index (χ0) is 11.1. The van der Waals surface area contributed by atoms with E-state index < -0.39 is 0 Å². The Bertz CT molecular complexity index is 105. The van der Waals surface area contributed by atoms with Gasteiger partial charge in [-0.3, -0.25) is 0 Å². The van der Waals surface area contributed by atoms with Gasteiger partial charge in [0.2, 0.25) is 0 Å². The molecule has 0 aliphatic heterocycles. The highest BCUT2D eigenvalue weighted by atomic mass is 32.1. The van der Waals surface area contributed by atoms with Crippen LogP contribution >= 0.6 is 12.6 Å². The van der Waals surface area contributed by atoms with Crippen LogP contribution in [0, 0.1) is 10.8 Å². The van der Waals surface area contributed by atoms with Gasteiger partial charge in [0.15, 0.2) is 0 Å². The molecule has 0 aromatic heterocycles. The highest BCUT2D eigenvalue weighted by Crippen LogP contribution is 2.33. The van der Waals surface area contributed by atoms with E-state index in [9.17, 15) is 0 Å². The van der Waals surface area contributed by atoms with Crippen LogP contribution in [0.3, 0.4) is 0 Å². The van der Waals surface area contributed by atoms with Crippen molar-refractivity contribution in [2.75, 3.05) is 12.3 Å². The predicted molar refractivity (Wildman–Crippen MR) is 66.4 cm³/mol. The van der Waals surface area contributed by atoms with Crippen LogP contribution in [-0.2, 0) is 0 Å². The average molecular weight is 205 g/mol. The van der Waals surface area contributed by atoms with Crippen LogP contribution in [0.2, 0.25) is 0 Å². The number of nitrogens with two attached hydrogens (primary N) is 1. The van der Waals surface area contributed by atoms with Gasteiger partial charge < -0.3 is 5.73 Å². The summed E-state index contributed by atoms with van der Waals surface area (Å²) >= 11 is 4.31. The molecular formula is C11H27NS. The summed E-state index contributed by atoms with van der Waals surface area (Å²) in [6.45, 7) is 13.6. The van der Waals surface area contributed by atoms with Gasteiger partial charge in [0.25, 0.3) is 0 Å². The third-order valence-electron chi connectivity index (χ3n) is 1.94. The Labute approximate surface area is 89.9 Å². The average Bonchev–Trinajstić information content (AvgIpc) is 2.07. The molecule has 1 nitrogen and oxygen atoms in total. The maximum Gasteiger partial charge on any atom is -0.00256 e. The number of hydrogen-bond donors (Lipinski definition) is 2. The first kappa shape index (κ1) is 15.8. The molecule has 0 spiro atoms. The van der Waals surface area contributed by atoms with E-state index in [1.165, 1.54) is 0 Å². The lowest BCUT2D eigenvalue weighted by atomic mass is 9.76. The Morgan fingerprint density at radius 1 is 1.00 bits per heavy atom. The van der Waals surface area contributed by atoms with Gasteiger partial charge in [-0.1, -0.05) is 41.5 Å². The minimum absolute atomic E-state index is 0.256. The monoisotopic (exact) mass is 205 g/mol. The summed E-state index contributed by atoms with van der Waals surface area (Å²) in [7, 11) is 0. The van der Waals surface area contributed by atoms with Gasteiger partial charge in [-0.05, 0) is 29.5 Å². The fourth-order valence-electron chi connectivity index (χ4n) is 1.42. The summed E-state index contributed by atoms with van der Waals surface area (Å²) in [6.07, 6.45) is 1.14. The SMILES string of the molecule is CC.CC(C)(CN)CC(C)(C)CS. The standard InChI is InChI=1S/C9H21NS.C2H6/c1-8(2,6-10)5-9(3,4)7-11;1-2/h11H,5-7,10H2,1-4H3;1-2H3. The maximum absolute atomic E-state index is 5.64. The summed E-state index contributed by atoms with van der Waals surface area (Å²) in [5.74, 6) is 0.927.